The van der Waals surface area contributed by atoms with Gasteiger partial charge in [-0.15, -0.1) is 0 Å². The van der Waals surface area contributed by atoms with Crippen molar-refractivity contribution >= 4 is 0 Å². The molecule has 1 fully saturated rings. The Balaban J connectivity index is 1.52. The minimum absolute atomic E-state index is 0.634. The van der Waals surface area contributed by atoms with Gasteiger partial charge in [0.2, 0.25) is 5.88 Å². The third kappa shape index (κ3) is 4.03. The first-order valence-corrected chi connectivity index (χ1v) is 8.48. The molecule has 1 aliphatic rings. The Morgan fingerprint density at radius 2 is 1.96 bits per heavy atom. The third-order valence-corrected chi connectivity index (χ3v) is 4.69. The van der Waals surface area contributed by atoms with E-state index in [2.05, 4.69) is 27.0 Å². The van der Waals surface area contributed by atoms with Crippen LogP contribution >= 0.6 is 0 Å². The van der Waals surface area contributed by atoms with E-state index in [0.29, 0.717) is 5.88 Å². The number of methoxy groups -OCH3 is 2. The van der Waals surface area contributed by atoms with E-state index in [-0.39, 0.29) is 0 Å². The Labute approximate surface area is 143 Å². The summed E-state index contributed by atoms with van der Waals surface area (Å²) in [6.45, 7) is 3.02. The van der Waals surface area contributed by atoms with Gasteiger partial charge >= 0.3 is 0 Å². The summed E-state index contributed by atoms with van der Waals surface area (Å²) in [5.41, 5.74) is 2.22. The molecular formula is C19H25N3O2. The van der Waals surface area contributed by atoms with Crippen LogP contribution in [-0.2, 0) is 13.0 Å². The van der Waals surface area contributed by atoms with E-state index < -0.39 is 0 Å². The lowest BCUT2D eigenvalue weighted by Gasteiger charge is -2.17. The van der Waals surface area contributed by atoms with Crippen LogP contribution in [0.1, 0.15) is 24.1 Å². The first-order valence-electron chi connectivity index (χ1n) is 8.48. The molecule has 0 spiro atoms. The molecule has 1 saturated heterocycles. The molecule has 128 valence electrons. The Kier molecular flexibility index (Phi) is 5.64. The summed E-state index contributed by atoms with van der Waals surface area (Å²) in [7, 11) is 3.39. The summed E-state index contributed by atoms with van der Waals surface area (Å²) >= 11 is 0. The SMILES string of the molecule is COc1ccccc1CCC1CCN(Cc2nccnc2OC)C1. The fourth-order valence-corrected chi connectivity index (χ4v) is 3.41. The maximum absolute atomic E-state index is 5.45. The normalized spacial score (nSPS) is 17.8. The lowest BCUT2D eigenvalue weighted by Crippen LogP contribution is -2.21. The van der Waals surface area contributed by atoms with Gasteiger partial charge in [-0.05, 0) is 43.4 Å². The topological polar surface area (TPSA) is 47.5 Å². The van der Waals surface area contributed by atoms with E-state index >= 15 is 0 Å². The monoisotopic (exact) mass is 327 g/mol. The molecule has 1 atom stereocenters. The number of nitrogens with zero attached hydrogens (tertiary/aromatic N) is 3. The van der Waals surface area contributed by atoms with Crippen molar-refractivity contribution in [3.05, 3.63) is 47.9 Å². The number of aryl methyl sites for hydroxylation is 1. The molecule has 0 bridgehead atoms. The molecule has 1 aromatic heterocycles. The van der Waals surface area contributed by atoms with Crippen molar-refractivity contribution in [2.45, 2.75) is 25.8 Å². The minimum atomic E-state index is 0.634. The van der Waals surface area contributed by atoms with Crippen molar-refractivity contribution in [1.29, 1.82) is 0 Å². The van der Waals surface area contributed by atoms with Crippen molar-refractivity contribution < 1.29 is 9.47 Å². The second kappa shape index (κ2) is 8.11. The summed E-state index contributed by atoms with van der Waals surface area (Å²) in [5.74, 6) is 2.35. The van der Waals surface area contributed by atoms with Crippen molar-refractivity contribution in [3.63, 3.8) is 0 Å². The smallest absolute Gasteiger partial charge is 0.236 e. The summed E-state index contributed by atoms with van der Waals surface area (Å²) in [6.07, 6.45) is 6.89. The Hall–Kier alpha value is -2.14. The van der Waals surface area contributed by atoms with Crippen LogP contribution in [0.5, 0.6) is 11.6 Å². The van der Waals surface area contributed by atoms with Gasteiger partial charge < -0.3 is 9.47 Å². The molecule has 5 heteroatoms. The molecule has 0 radical (unpaired) electrons. The Bertz CT molecular complexity index is 663. The molecule has 0 saturated carbocycles. The number of hydrogen-bond acceptors (Lipinski definition) is 5. The van der Waals surface area contributed by atoms with Gasteiger partial charge in [0, 0.05) is 25.5 Å². The molecule has 2 aromatic rings. The van der Waals surface area contributed by atoms with E-state index in [1.54, 1.807) is 26.6 Å². The lowest BCUT2D eigenvalue weighted by atomic mass is 9.98. The maximum Gasteiger partial charge on any atom is 0.236 e. The van der Waals surface area contributed by atoms with Gasteiger partial charge in [-0.25, -0.2) is 4.98 Å². The number of aromatic nitrogens is 2. The fourth-order valence-electron chi connectivity index (χ4n) is 3.41. The largest absolute Gasteiger partial charge is 0.496 e. The number of hydrogen-bond donors (Lipinski definition) is 0. The Morgan fingerprint density at radius 3 is 2.79 bits per heavy atom. The van der Waals surface area contributed by atoms with Crippen molar-refractivity contribution in [1.82, 2.24) is 14.9 Å². The minimum Gasteiger partial charge on any atom is -0.496 e. The second-order valence-corrected chi connectivity index (χ2v) is 6.25. The number of benzene rings is 1. The van der Waals surface area contributed by atoms with Gasteiger partial charge in [0.25, 0.3) is 0 Å². The molecule has 0 N–H and O–H groups in total. The quantitative estimate of drug-likeness (QED) is 0.782. The molecule has 3 rings (SSSR count). The van der Waals surface area contributed by atoms with Crippen LogP contribution in [-0.4, -0.2) is 42.2 Å². The summed E-state index contributed by atoms with van der Waals surface area (Å²) in [4.78, 5) is 11.1. The number of ether oxygens (including phenoxy) is 2. The number of rotatable bonds is 7. The highest BCUT2D eigenvalue weighted by Gasteiger charge is 2.24. The highest BCUT2D eigenvalue weighted by atomic mass is 16.5. The van der Waals surface area contributed by atoms with Crippen LogP contribution in [0.3, 0.4) is 0 Å². The standard InChI is InChI=1S/C19H25N3O2/c1-23-18-6-4-3-5-16(18)8-7-15-9-12-22(13-15)14-17-19(24-2)21-11-10-20-17/h3-6,10-11,15H,7-9,12-14H2,1-2H3. The van der Waals surface area contributed by atoms with Crippen molar-refractivity contribution in [3.8, 4) is 11.6 Å². The third-order valence-electron chi connectivity index (χ3n) is 4.69. The predicted octanol–water partition coefficient (Wildman–Crippen LogP) is 2.95. The molecule has 5 nitrogen and oxygen atoms in total. The van der Waals surface area contributed by atoms with Crippen LogP contribution in [0.15, 0.2) is 36.7 Å². The van der Waals surface area contributed by atoms with Crippen LogP contribution in [0, 0.1) is 5.92 Å². The fraction of sp³-hybridized carbons (Fsp3) is 0.474. The van der Waals surface area contributed by atoms with Crippen molar-refractivity contribution in [2.24, 2.45) is 5.92 Å². The van der Waals surface area contributed by atoms with Gasteiger partial charge in [-0.3, -0.25) is 9.88 Å². The molecule has 0 aliphatic carbocycles. The number of likely N-dealkylation sites (tertiary alicyclic amines) is 1. The average Bonchev–Trinajstić information content (AvgIpc) is 3.08. The highest BCUT2D eigenvalue weighted by molar-refractivity contribution is 5.33. The van der Waals surface area contributed by atoms with Gasteiger partial charge in [-0.1, -0.05) is 18.2 Å². The zero-order valence-electron chi connectivity index (χ0n) is 14.4. The first kappa shape index (κ1) is 16.7. The van der Waals surface area contributed by atoms with E-state index in [4.69, 9.17) is 9.47 Å². The Morgan fingerprint density at radius 1 is 1.12 bits per heavy atom. The summed E-state index contributed by atoms with van der Waals surface area (Å²) in [5, 5.41) is 0. The maximum atomic E-state index is 5.45. The molecule has 1 aliphatic heterocycles. The van der Waals surface area contributed by atoms with E-state index in [1.165, 1.54) is 18.4 Å². The molecule has 1 aromatic carbocycles. The average molecular weight is 327 g/mol. The van der Waals surface area contributed by atoms with Crippen LogP contribution < -0.4 is 9.47 Å². The zero-order chi connectivity index (χ0) is 16.8. The molecule has 2 heterocycles. The highest BCUT2D eigenvalue weighted by Crippen LogP contribution is 2.26. The molecule has 0 amide bonds. The predicted molar refractivity (Wildman–Crippen MR) is 93.3 cm³/mol. The zero-order valence-corrected chi connectivity index (χ0v) is 14.4. The number of para-hydroxylation sites is 1. The second-order valence-electron chi connectivity index (χ2n) is 6.25. The lowest BCUT2D eigenvalue weighted by molar-refractivity contribution is 0.298. The molecule has 24 heavy (non-hydrogen) atoms. The van der Waals surface area contributed by atoms with E-state index in [9.17, 15) is 0 Å². The van der Waals surface area contributed by atoms with Gasteiger partial charge in [0.15, 0.2) is 0 Å². The summed E-state index contributed by atoms with van der Waals surface area (Å²) < 4.78 is 10.7. The van der Waals surface area contributed by atoms with Gasteiger partial charge in [-0.2, -0.15) is 0 Å². The van der Waals surface area contributed by atoms with E-state index in [1.807, 2.05) is 12.1 Å². The van der Waals surface area contributed by atoms with Gasteiger partial charge in [0.1, 0.15) is 11.4 Å². The first-order chi connectivity index (χ1) is 11.8. The van der Waals surface area contributed by atoms with Crippen LogP contribution in [0.2, 0.25) is 0 Å². The summed E-state index contributed by atoms with van der Waals surface area (Å²) in [6, 6.07) is 8.31. The molecule has 1 unspecified atom stereocenters. The van der Waals surface area contributed by atoms with E-state index in [0.717, 1.165) is 43.4 Å². The van der Waals surface area contributed by atoms with Gasteiger partial charge in [0.05, 0.1) is 14.2 Å². The van der Waals surface area contributed by atoms with Crippen LogP contribution in [0.25, 0.3) is 0 Å². The van der Waals surface area contributed by atoms with Crippen LogP contribution in [0.4, 0.5) is 0 Å². The molecular weight excluding hydrogens is 302 g/mol. The van der Waals surface area contributed by atoms with Crippen molar-refractivity contribution in [2.75, 3.05) is 27.3 Å².